The molecule has 0 bridgehead atoms. The Morgan fingerprint density at radius 3 is 1.79 bits per heavy atom. The lowest BCUT2D eigenvalue weighted by molar-refractivity contribution is 1.07. The highest BCUT2D eigenvalue weighted by Gasteiger charge is 2.20. The molecule has 0 N–H and O–H groups in total. The average molecular weight is 637 g/mol. The summed E-state index contributed by atoms with van der Waals surface area (Å²) in [6.07, 6.45) is 0. The van der Waals surface area contributed by atoms with Gasteiger partial charge in [0.25, 0.3) is 0 Å². The zero-order valence-electron chi connectivity index (χ0n) is 25.0. The van der Waals surface area contributed by atoms with Crippen LogP contribution < -0.4 is 0 Å². The lowest BCUT2D eigenvalue weighted by atomic mass is 10.1. The molecule has 0 fully saturated rings. The highest BCUT2D eigenvalue weighted by Crippen LogP contribution is 2.48. The number of hydrogen-bond acceptors (Lipinski definition) is 5. The van der Waals surface area contributed by atoms with Gasteiger partial charge >= 0.3 is 0 Å². The first-order valence-electron chi connectivity index (χ1n) is 15.5. The monoisotopic (exact) mass is 636 g/mol. The van der Waals surface area contributed by atoms with Crippen molar-refractivity contribution in [1.29, 1.82) is 0 Å². The van der Waals surface area contributed by atoms with Gasteiger partial charge in [-0.15, -0.1) is 22.7 Å². The Labute approximate surface area is 277 Å². The summed E-state index contributed by atoms with van der Waals surface area (Å²) in [5.41, 5.74) is 6.35. The maximum absolute atomic E-state index is 5.02. The van der Waals surface area contributed by atoms with Crippen LogP contribution in [0.25, 0.3) is 91.2 Å². The summed E-state index contributed by atoms with van der Waals surface area (Å²) in [7, 11) is 0. The topological polar surface area (TPSA) is 43.6 Å². The van der Waals surface area contributed by atoms with Crippen molar-refractivity contribution < 1.29 is 0 Å². The summed E-state index contributed by atoms with van der Waals surface area (Å²) < 4.78 is 6.45. The smallest absolute Gasteiger partial charge is 0.164 e. The molecule has 47 heavy (non-hydrogen) atoms. The molecule has 4 heterocycles. The van der Waals surface area contributed by atoms with Crippen LogP contribution in [0.4, 0.5) is 0 Å². The van der Waals surface area contributed by atoms with Gasteiger partial charge in [0.2, 0.25) is 0 Å². The Balaban J connectivity index is 1.23. The van der Waals surface area contributed by atoms with E-state index in [0.717, 1.165) is 22.4 Å². The molecule has 4 aromatic heterocycles. The van der Waals surface area contributed by atoms with E-state index in [-0.39, 0.29) is 0 Å². The predicted molar refractivity (Wildman–Crippen MR) is 199 cm³/mol. The van der Waals surface area contributed by atoms with Gasteiger partial charge in [-0.25, -0.2) is 15.0 Å². The fraction of sp³-hybridized carbons (Fsp3) is 0. The Kier molecular flexibility index (Phi) is 5.88. The van der Waals surface area contributed by atoms with Crippen molar-refractivity contribution in [2.75, 3.05) is 0 Å². The average Bonchev–Trinajstić information content (AvgIpc) is 3.80. The molecule has 0 spiro atoms. The molecular formula is C41H24N4S2. The van der Waals surface area contributed by atoms with E-state index in [1.54, 1.807) is 0 Å². The minimum Gasteiger partial charge on any atom is -0.308 e. The predicted octanol–water partition coefficient (Wildman–Crippen LogP) is 11.6. The second-order valence-electron chi connectivity index (χ2n) is 11.6. The molecule has 0 aliphatic rings. The van der Waals surface area contributed by atoms with Crippen LogP contribution in [-0.4, -0.2) is 19.5 Å². The Bertz CT molecular complexity index is 2740. The van der Waals surface area contributed by atoms with Gasteiger partial charge < -0.3 is 4.57 Å². The van der Waals surface area contributed by atoms with Crippen molar-refractivity contribution >= 4 is 74.1 Å². The Morgan fingerprint density at radius 2 is 1.04 bits per heavy atom. The van der Waals surface area contributed by atoms with Crippen LogP contribution in [0.1, 0.15) is 0 Å². The Hall–Kier alpha value is -5.69. The van der Waals surface area contributed by atoms with Crippen molar-refractivity contribution in [3.8, 4) is 39.9 Å². The van der Waals surface area contributed by atoms with E-state index < -0.39 is 0 Å². The summed E-state index contributed by atoms with van der Waals surface area (Å²) in [5, 5.41) is 6.52. The zero-order valence-corrected chi connectivity index (χ0v) is 26.6. The normalized spacial score (nSPS) is 11.8. The van der Waals surface area contributed by atoms with Crippen LogP contribution in [0.2, 0.25) is 0 Å². The van der Waals surface area contributed by atoms with Gasteiger partial charge in [0.05, 0.1) is 19.7 Å². The molecule has 0 amide bonds. The molecule has 0 unspecified atom stereocenters. The van der Waals surface area contributed by atoms with Crippen LogP contribution in [0.3, 0.4) is 0 Å². The van der Waals surface area contributed by atoms with Gasteiger partial charge in [-0.05, 0) is 24.3 Å². The van der Waals surface area contributed by atoms with Gasteiger partial charge in [0.15, 0.2) is 17.5 Å². The number of rotatable bonds is 4. The minimum atomic E-state index is 0.647. The molecule has 6 aromatic carbocycles. The molecule has 4 nitrogen and oxygen atoms in total. The molecule has 0 aliphatic carbocycles. The van der Waals surface area contributed by atoms with Gasteiger partial charge in [-0.1, -0.05) is 121 Å². The molecular weight excluding hydrogens is 613 g/mol. The summed E-state index contributed by atoms with van der Waals surface area (Å²) in [6.45, 7) is 0. The number of hydrogen-bond donors (Lipinski definition) is 0. The lowest BCUT2D eigenvalue weighted by Gasteiger charge is -2.12. The quantitative estimate of drug-likeness (QED) is 0.193. The SMILES string of the molecule is c1ccc(-c2nc(-c3ccccc3)nc(-c3cccc(-n4c5ccccc5c5ccc6c(sc7sc8ccccc8c76)c54)c3)n2)cc1. The molecule has 0 saturated carbocycles. The second-order valence-corrected chi connectivity index (χ2v) is 14.0. The van der Waals surface area contributed by atoms with Crippen LogP contribution in [0, 0.1) is 0 Å². The van der Waals surface area contributed by atoms with Gasteiger partial charge in [0, 0.05) is 54.0 Å². The molecule has 6 heteroatoms. The van der Waals surface area contributed by atoms with E-state index in [0.29, 0.717) is 17.5 Å². The third-order valence-corrected chi connectivity index (χ3v) is 11.4. The van der Waals surface area contributed by atoms with Crippen molar-refractivity contribution in [3.63, 3.8) is 0 Å². The highest BCUT2D eigenvalue weighted by atomic mass is 32.2. The van der Waals surface area contributed by atoms with E-state index in [1.165, 1.54) is 51.4 Å². The first-order chi connectivity index (χ1) is 23.3. The van der Waals surface area contributed by atoms with Gasteiger partial charge in [-0.3, -0.25) is 0 Å². The van der Waals surface area contributed by atoms with Crippen molar-refractivity contribution in [1.82, 2.24) is 19.5 Å². The van der Waals surface area contributed by atoms with Gasteiger partial charge in [0.1, 0.15) is 0 Å². The van der Waals surface area contributed by atoms with Gasteiger partial charge in [-0.2, -0.15) is 0 Å². The molecule has 10 rings (SSSR count). The number of thiophene rings is 2. The fourth-order valence-electron chi connectivity index (χ4n) is 6.76. The Morgan fingerprint density at radius 1 is 0.447 bits per heavy atom. The molecule has 0 saturated heterocycles. The number of aromatic nitrogens is 4. The van der Waals surface area contributed by atoms with Crippen LogP contribution in [0.15, 0.2) is 146 Å². The number of para-hydroxylation sites is 1. The van der Waals surface area contributed by atoms with Crippen molar-refractivity contribution in [3.05, 3.63) is 146 Å². The molecule has 0 atom stereocenters. The van der Waals surface area contributed by atoms with E-state index in [1.807, 2.05) is 83.3 Å². The van der Waals surface area contributed by atoms with E-state index in [9.17, 15) is 0 Å². The van der Waals surface area contributed by atoms with Crippen LogP contribution >= 0.6 is 22.7 Å². The molecule has 10 aromatic rings. The minimum absolute atomic E-state index is 0.647. The number of nitrogens with zero attached hydrogens (tertiary/aromatic N) is 4. The second kappa shape index (κ2) is 10.4. The third kappa shape index (κ3) is 4.16. The summed E-state index contributed by atoms with van der Waals surface area (Å²) in [5.74, 6) is 1.96. The van der Waals surface area contributed by atoms with E-state index >= 15 is 0 Å². The standard InChI is InChI=1S/C41H24N4S2/c1-3-12-25(13-4-1)38-42-39(26-14-5-2-6-15-26)44-40(43-38)27-16-11-17-28(24-27)45-33-20-9-7-18-29(33)30-22-23-32-35-31-19-8-10-21-34(31)46-41(35)47-37(32)36(30)45/h1-24H. The highest BCUT2D eigenvalue weighted by molar-refractivity contribution is 7.45. The first kappa shape index (κ1) is 26.5. The summed E-state index contributed by atoms with van der Waals surface area (Å²) >= 11 is 3.80. The van der Waals surface area contributed by atoms with E-state index in [2.05, 4.69) is 89.5 Å². The van der Waals surface area contributed by atoms with Crippen molar-refractivity contribution in [2.45, 2.75) is 0 Å². The van der Waals surface area contributed by atoms with E-state index in [4.69, 9.17) is 15.0 Å². The molecule has 0 aliphatic heterocycles. The number of fused-ring (bicyclic) bond motifs is 9. The lowest BCUT2D eigenvalue weighted by Crippen LogP contribution is -2.01. The number of benzene rings is 6. The maximum Gasteiger partial charge on any atom is 0.164 e. The third-order valence-electron chi connectivity index (χ3n) is 8.88. The first-order valence-corrected chi connectivity index (χ1v) is 17.2. The van der Waals surface area contributed by atoms with Crippen molar-refractivity contribution in [2.24, 2.45) is 0 Å². The van der Waals surface area contributed by atoms with Crippen LogP contribution in [-0.2, 0) is 0 Å². The largest absolute Gasteiger partial charge is 0.308 e. The summed E-state index contributed by atoms with van der Waals surface area (Å²) in [6, 6.07) is 51.0. The summed E-state index contributed by atoms with van der Waals surface area (Å²) in [4.78, 5) is 14.9. The zero-order chi connectivity index (χ0) is 30.9. The van der Waals surface area contributed by atoms with Crippen LogP contribution in [0.5, 0.6) is 0 Å². The molecule has 0 radical (unpaired) electrons. The fourth-order valence-corrected chi connectivity index (χ4v) is 9.48. The molecule has 220 valence electrons. The maximum atomic E-state index is 5.02.